The van der Waals surface area contributed by atoms with Crippen LogP contribution in [-0.4, -0.2) is 17.8 Å². The van der Waals surface area contributed by atoms with Crippen LogP contribution in [0.15, 0.2) is 0 Å². The standard InChI is InChI=1S/C25H47NOS/c1-6-18(23-15-20(27)11-13-24(23,3)4)14-19-8-7-12-25(5)21(9-10-22(19)25)17(2)16-26-28/h17-23,26-28H,6-16H2,1-5H3/t17-,18+,19?,20-,21?,22?,23?,25?/m1/s1. The monoisotopic (exact) mass is 409 g/mol. The Morgan fingerprint density at radius 3 is 2.50 bits per heavy atom. The van der Waals surface area contributed by atoms with Crippen molar-refractivity contribution in [3.05, 3.63) is 0 Å². The summed E-state index contributed by atoms with van der Waals surface area (Å²) in [4.78, 5) is 0. The van der Waals surface area contributed by atoms with Gasteiger partial charge in [-0.1, -0.05) is 66.7 Å². The van der Waals surface area contributed by atoms with Gasteiger partial charge in [-0.25, -0.2) is 0 Å². The van der Waals surface area contributed by atoms with Crippen molar-refractivity contribution in [3.63, 3.8) is 0 Å². The molecule has 3 saturated carbocycles. The van der Waals surface area contributed by atoms with Gasteiger partial charge in [0, 0.05) is 6.54 Å². The van der Waals surface area contributed by atoms with Gasteiger partial charge in [-0.15, -0.1) is 0 Å². The van der Waals surface area contributed by atoms with Crippen molar-refractivity contribution in [1.29, 1.82) is 0 Å². The van der Waals surface area contributed by atoms with Crippen molar-refractivity contribution in [2.24, 2.45) is 46.3 Å². The lowest BCUT2D eigenvalue weighted by Gasteiger charge is -2.50. The van der Waals surface area contributed by atoms with E-state index < -0.39 is 0 Å². The van der Waals surface area contributed by atoms with E-state index in [1.165, 1.54) is 51.4 Å². The van der Waals surface area contributed by atoms with Crippen LogP contribution in [-0.2, 0) is 0 Å². The van der Waals surface area contributed by atoms with E-state index in [9.17, 15) is 5.11 Å². The van der Waals surface area contributed by atoms with Gasteiger partial charge in [0.05, 0.1) is 6.10 Å². The Kier molecular flexibility index (Phi) is 7.52. The van der Waals surface area contributed by atoms with E-state index in [1.807, 2.05) is 0 Å². The lowest BCUT2D eigenvalue weighted by Crippen LogP contribution is -2.43. The van der Waals surface area contributed by atoms with Gasteiger partial charge in [0.1, 0.15) is 0 Å². The van der Waals surface area contributed by atoms with E-state index in [1.54, 1.807) is 0 Å². The predicted octanol–water partition coefficient (Wildman–Crippen LogP) is 6.49. The van der Waals surface area contributed by atoms with Crippen LogP contribution in [0.1, 0.15) is 98.8 Å². The number of aliphatic hydroxyl groups excluding tert-OH is 1. The molecular formula is C25H47NOS. The van der Waals surface area contributed by atoms with Gasteiger partial charge < -0.3 is 5.11 Å². The summed E-state index contributed by atoms with van der Waals surface area (Å²) in [5, 5.41) is 10.4. The molecule has 0 spiro atoms. The van der Waals surface area contributed by atoms with Crippen LogP contribution >= 0.6 is 12.8 Å². The SMILES string of the molecule is CC[C@@H](CC1CCCC2(C)C1CCC2[C@H](C)CNS)C1C[C@H](O)CCC1(C)C. The summed E-state index contributed by atoms with van der Waals surface area (Å²) in [5.74, 6) is 4.87. The first-order valence-electron chi connectivity index (χ1n) is 12.3. The normalized spacial score (nSPS) is 42.8. The van der Waals surface area contributed by atoms with Crippen LogP contribution in [0.25, 0.3) is 0 Å². The predicted molar refractivity (Wildman–Crippen MR) is 123 cm³/mol. The van der Waals surface area contributed by atoms with Gasteiger partial charge in [-0.2, -0.15) is 0 Å². The quantitative estimate of drug-likeness (QED) is 0.420. The average Bonchev–Trinajstić information content (AvgIpc) is 3.00. The topological polar surface area (TPSA) is 32.3 Å². The Bertz CT molecular complexity index is 509. The first kappa shape index (κ1) is 22.9. The minimum absolute atomic E-state index is 0.0610. The second-order valence-corrected chi connectivity index (χ2v) is 12.0. The molecule has 164 valence electrons. The fourth-order valence-electron chi connectivity index (χ4n) is 8.18. The Morgan fingerprint density at radius 1 is 1.07 bits per heavy atom. The first-order chi connectivity index (χ1) is 13.2. The van der Waals surface area contributed by atoms with Crippen LogP contribution in [0.2, 0.25) is 0 Å². The highest BCUT2D eigenvalue weighted by Crippen LogP contribution is 2.61. The number of rotatable bonds is 7. The number of nitrogens with one attached hydrogen (secondary N) is 1. The van der Waals surface area contributed by atoms with Gasteiger partial charge in [0.2, 0.25) is 0 Å². The van der Waals surface area contributed by atoms with Gasteiger partial charge >= 0.3 is 0 Å². The highest BCUT2D eigenvalue weighted by molar-refractivity contribution is 7.78. The van der Waals surface area contributed by atoms with E-state index in [2.05, 4.69) is 52.2 Å². The lowest BCUT2D eigenvalue weighted by atomic mass is 9.56. The molecule has 8 atom stereocenters. The van der Waals surface area contributed by atoms with E-state index in [0.717, 1.165) is 49.0 Å². The molecule has 0 saturated heterocycles. The number of aliphatic hydroxyl groups is 1. The molecule has 3 heteroatoms. The molecule has 0 bridgehead atoms. The molecule has 0 aliphatic heterocycles. The lowest BCUT2D eigenvalue weighted by molar-refractivity contribution is -0.0248. The van der Waals surface area contributed by atoms with Crippen LogP contribution in [0.5, 0.6) is 0 Å². The molecule has 2 nitrogen and oxygen atoms in total. The Labute approximate surface area is 180 Å². The molecule has 0 aromatic carbocycles. The summed E-state index contributed by atoms with van der Waals surface area (Å²) in [5.41, 5.74) is 0.926. The zero-order chi connectivity index (χ0) is 20.5. The highest BCUT2D eigenvalue weighted by atomic mass is 32.1. The largest absolute Gasteiger partial charge is 0.393 e. The maximum absolute atomic E-state index is 10.4. The molecule has 0 amide bonds. The Balaban J connectivity index is 1.73. The van der Waals surface area contributed by atoms with Gasteiger partial charge in [-0.3, -0.25) is 4.72 Å². The average molecular weight is 410 g/mol. The van der Waals surface area contributed by atoms with Crippen molar-refractivity contribution in [2.75, 3.05) is 6.54 Å². The number of hydrogen-bond donors (Lipinski definition) is 3. The van der Waals surface area contributed by atoms with Crippen LogP contribution in [0, 0.1) is 46.3 Å². The second-order valence-electron chi connectivity index (χ2n) is 11.7. The summed E-state index contributed by atoms with van der Waals surface area (Å²) in [6, 6.07) is 0. The van der Waals surface area contributed by atoms with E-state index >= 15 is 0 Å². The molecule has 0 heterocycles. The van der Waals surface area contributed by atoms with Crippen LogP contribution < -0.4 is 4.72 Å². The van der Waals surface area contributed by atoms with E-state index in [0.29, 0.717) is 16.7 Å². The maximum Gasteiger partial charge on any atom is 0.0543 e. The molecule has 28 heavy (non-hydrogen) atoms. The smallest absolute Gasteiger partial charge is 0.0543 e. The molecule has 3 aliphatic carbocycles. The highest BCUT2D eigenvalue weighted by Gasteiger charge is 2.53. The van der Waals surface area contributed by atoms with Crippen molar-refractivity contribution in [3.8, 4) is 0 Å². The van der Waals surface area contributed by atoms with E-state index in [-0.39, 0.29) is 6.10 Å². The first-order valence-corrected chi connectivity index (χ1v) is 12.7. The second kappa shape index (κ2) is 9.18. The molecule has 3 rings (SSSR count). The van der Waals surface area contributed by atoms with E-state index in [4.69, 9.17) is 0 Å². The minimum Gasteiger partial charge on any atom is -0.393 e. The summed E-state index contributed by atoms with van der Waals surface area (Å²) >= 11 is 4.29. The Hall–Kier alpha value is 0.270. The zero-order valence-electron chi connectivity index (χ0n) is 19.2. The van der Waals surface area contributed by atoms with Gasteiger partial charge in [0.25, 0.3) is 0 Å². The number of thiol groups is 1. The third-order valence-corrected chi connectivity index (χ3v) is 9.98. The van der Waals surface area contributed by atoms with Crippen molar-refractivity contribution < 1.29 is 5.11 Å². The number of fused-ring (bicyclic) bond motifs is 1. The molecular weight excluding hydrogens is 362 g/mol. The van der Waals surface area contributed by atoms with Crippen molar-refractivity contribution in [2.45, 2.75) is 105 Å². The van der Waals surface area contributed by atoms with Gasteiger partial charge in [-0.05, 0) is 91.3 Å². The summed E-state index contributed by atoms with van der Waals surface area (Å²) in [6.07, 6.45) is 13.0. The van der Waals surface area contributed by atoms with Crippen LogP contribution in [0.3, 0.4) is 0 Å². The summed E-state index contributed by atoms with van der Waals surface area (Å²) in [7, 11) is 0. The van der Waals surface area contributed by atoms with Crippen molar-refractivity contribution >= 4 is 12.8 Å². The molecule has 0 radical (unpaired) electrons. The summed E-state index contributed by atoms with van der Waals surface area (Å²) < 4.78 is 3.14. The third-order valence-electron chi connectivity index (χ3n) is 9.79. The molecule has 3 aliphatic rings. The molecule has 2 N–H and O–H groups in total. The number of hydrogen-bond acceptors (Lipinski definition) is 3. The Morgan fingerprint density at radius 2 is 1.82 bits per heavy atom. The van der Waals surface area contributed by atoms with Crippen LogP contribution in [0.4, 0.5) is 0 Å². The fraction of sp³-hybridized carbons (Fsp3) is 1.00. The maximum atomic E-state index is 10.4. The fourth-order valence-corrected chi connectivity index (χ4v) is 8.46. The molecule has 3 fully saturated rings. The third kappa shape index (κ3) is 4.47. The summed E-state index contributed by atoms with van der Waals surface area (Å²) in [6.45, 7) is 13.4. The van der Waals surface area contributed by atoms with Gasteiger partial charge in [0.15, 0.2) is 0 Å². The molecule has 5 unspecified atom stereocenters. The molecule has 0 aromatic heterocycles. The molecule has 0 aromatic rings. The minimum atomic E-state index is -0.0610. The zero-order valence-corrected chi connectivity index (χ0v) is 20.1. The van der Waals surface area contributed by atoms with Crippen molar-refractivity contribution in [1.82, 2.24) is 4.72 Å².